The summed E-state index contributed by atoms with van der Waals surface area (Å²) >= 11 is 0. The second kappa shape index (κ2) is 13.7. The molecule has 1 aromatic heterocycles. The monoisotopic (exact) mass is 781 g/mol. The number of rotatable bonds is 6. The van der Waals surface area contributed by atoms with Crippen molar-refractivity contribution in [3.63, 3.8) is 0 Å². The van der Waals surface area contributed by atoms with Gasteiger partial charge >= 0.3 is 0 Å². The van der Waals surface area contributed by atoms with Crippen LogP contribution < -0.4 is 4.90 Å². The zero-order valence-corrected chi connectivity index (χ0v) is 33.9. The average Bonchev–Trinajstić information content (AvgIpc) is 3.80. The van der Waals surface area contributed by atoms with E-state index in [-0.39, 0.29) is 23.5 Å². The Balaban J connectivity index is 1.06. The molecule has 10 aromatic carbocycles. The van der Waals surface area contributed by atoms with E-state index in [1.54, 1.807) is 0 Å². The summed E-state index contributed by atoms with van der Waals surface area (Å²) in [6.07, 6.45) is 0. The number of para-hydroxylation sites is 1. The van der Waals surface area contributed by atoms with Crippen LogP contribution in [0.2, 0.25) is 0 Å². The summed E-state index contributed by atoms with van der Waals surface area (Å²) < 4.78 is 30.6. The normalized spacial score (nSPS) is 13.6. The number of fused-ring (bicyclic) bond motifs is 9. The minimum atomic E-state index is -0.136. The van der Waals surface area contributed by atoms with Crippen molar-refractivity contribution >= 4 is 60.4 Å². The Bertz CT molecular complexity index is 3690. The fourth-order valence-corrected chi connectivity index (χ4v) is 10.1. The third-order valence-electron chi connectivity index (χ3n) is 12.9. The molecule has 0 atom stereocenters. The fourth-order valence-electron chi connectivity index (χ4n) is 10.1. The zero-order valence-electron chi connectivity index (χ0n) is 36.9. The van der Waals surface area contributed by atoms with E-state index < -0.39 is 0 Å². The van der Waals surface area contributed by atoms with Crippen LogP contribution in [0.3, 0.4) is 0 Å². The van der Waals surface area contributed by atoms with Crippen molar-refractivity contribution < 1.29 is 4.11 Å². The second-order valence-corrected chi connectivity index (χ2v) is 16.7. The van der Waals surface area contributed by atoms with Crippen molar-refractivity contribution in [3.8, 4) is 39.1 Å². The van der Waals surface area contributed by atoms with Crippen molar-refractivity contribution in [1.29, 1.82) is 0 Å². The first-order valence-electron chi connectivity index (χ1n) is 22.5. The number of benzene rings is 10. The van der Waals surface area contributed by atoms with Crippen molar-refractivity contribution in [2.45, 2.75) is 19.3 Å². The van der Waals surface area contributed by atoms with Gasteiger partial charge < -0.3 is 9.47 Å². The summed E-state index contributed by atoms with van der Waals surface area (Å²) in [5.41, 5.74) is 14.4. The van der Waals surface area contributed by atoms with Crippen LogP contribution in [0.15, 0.2) is 218 Å². The molecule has 1 aliphatic carbocycles. The molecular weight excluding hydrogens is 737 g/mol. The number of hydrogen-bond donors (Lipinski definition) is 0. The maximum Gasteiger partial charge on any atom is 0.0645 e. The second-order valence-electron chi connectivity index (χ2n) is 16.7. The largest absolute Gasteiger partial charge is 0.310 e. The standard InChI is InChI=1S/C59H42N2/c1-59(2)53-30-11-10-27-50(53)51-34-33-46(38-54(51)59)60(43-21-4-3-5-22-43)44-23-12-19-41(36-44)42-20-13-24-45(37-42)61-55-31-15-29-52(49-28-14-18-39-16-6-8-25-47(39)49)58(55)57-48-26-9-7-17-40(48)32-35-56(57)61/h3-38H,1-2H3/i15D,29D,31D. The minimum absolute atomic E-state index is 0.0378. The van der Waals surface area contributed by atoms with Gasteiger partial charge in [0.05, 0.1) is 15.1 Å². The van der Waals surface area contributed by atoms with Gasteiger partial charge in [-0.1, -0.05) is 172 Å². The summed E-state index contributed by atoms with van der Waals surface area (Å²) in [4.78, 5) is 2.35. The first-order chi connectivity index (χ1) is 31.3. The van der Waals surface area contributed by atoms with Gasteiger partial charge in [0.25, 0.3) is 0 Å². The maximum absolute atomic E-state index is 9.61. The van der Waals surface area contributed by atoms with E-state index >= 15 is 0 Å². The van der Waals surface area contributed by atoms with Gasteiger partial charge in [0, 0.05) is 38.9 Å². The highest BCUT2D eigenvalue weighted by atomic mass is 15.1. The number of aromatic nitrogens is 1. The van der Waals surface area contributed by atoms with E-state index in [0.717, 1.165) is 77.3 Å². The topological polar surface area (TPSA) is 8.17 Å². The van der Waals surface area contributed by atoms with Gasteiger partial charge in [0.15, 0.2) is 0 Å². The zero-order chi connectivity index (χ0) is 43.3. The molecule has 0 N–H and O–H groups in total. The molecule has 2 nitrogen and oxygen atoms in total. The quantitative estimate of drug-likeness (QED) is 0.163. The molecule has 0 radical (unpaired) electrons. The maximum atomic E-state index is 9.61. The van der Waals surface area contributed by atoms with Crippen LogP contribution in [0.4, 0.5) is 17.1 Å². The van der Waals surface area contributed by atoms with Crippen LogP contribution >= 0.6 is 0 Å². The van der Waals surface area contributed by atoms with Crippen LogP contribution in [-0.4, -0.2) is 4.57 Å². The number of hydrogen-bond acceptors (Lipinski definition) is 1. The van der Waals surface area contributed by atoms with Gasteiger partial charge in [-0.15, -0.1) is 0 Å². The summed E-state index contributed by atoms with van der Waals surface area (Å²) in [6, 6.07) is 70.6. The van der Waals surface area contributed by atoms with E-state index in [1.165, 1.54) is 22.3 Å². The number of anilines is 3. The predicted molar refractivity (Wildman–Crippen MR) is 259 cm³/mol. The molecule has 0 spiro atoms. The Kier molecular flexibility index (Phi) is 7.23. The molecule has 0 unspecified atom stereocenters. The molecule has 11 aromatic rings. The van der Waals surface area contributed by atoms with Crippen LogP contribution in [0, 0.1) is 0 Å². The lowest BCUT2D eigenvalue weighted by Crippen LogP contribution is -2.16. The van der Waals surface area contributed by atoms with Crippen molar-refractivity contribution in [2.75, 3.05) is 4.90 Å². The SMILES string of the molecule is [2H]c1c([2H])c([2H])c2c(c1-c1cccc3ccccc13)c1c3ccccc3ccc1n2-c1cccc(-c2cccc(N(c3ccccc3)c3ccc4c(c3)C(C)(C)c3ccccc3-4)c2)c1. The van der Waals surface area contributed by atoms with Crippen LogP contribution in [-0.2, 0) is 5.41 Å². The van der Waals surface area contributed by atoms with Gasteiger partial charge in [-0.05, 0) is 127 Å². The first-order valence-corrected chi connectivity index (χ1v) is 21.0. The molecule has 0 fully saturated rings. The highest BCUT2D eigenvalue weighted by Gasteiger charge is 2.35. The van der Waals surface area contributed by atoms with E-state index in [1.807, 2.05) is 24.3 Å². The summed E-state index contributed by atoms with van der Waals surface area (Å²) in [5.74, 6) is 0. The van der Waals surface area contributed by atoms with Crippen LogP contribution in [0.25, 0.3) is 82.4 Å². The Hall–Kier alpha value is -7.68. The van der Waals surface area contributed by atoms with Crippen molar-refractivity contribution in [1.82, 2.24) is 4.57 Å². The molecule has 1 heterocycles. The van der Waals surface area contributed by atoms with Gasteiger partial charge in [0.2, 0.25) is 0 Å². The number of nitrogens with zero attached hydrogens (tertiary/aromatic N) is 2. The van der Waals surface area contributed by atoms with Crippen LogP contribution in [0.5, 0.6) is 0 Å². The van der Waals surface area contributed by atoms with Gasteiger partial charge in [-0.2, -0.15) is 0 Å². The Morgan fingerprint density at radius 3 is 1.93 bits per heavy atom. The molecule has 0 saturated heterocycles. The molecule has 0 aliphatic heterocycles. The minimum Gasteiger partial charge on any atom is -0.310 e. The lowest BCUT2D eigenvalue weighted by molar-refractivity contribution is 0.660. The van der Waals surface area contributed by atoms with E-state index in [0.29, 0.717) is 11.1 Å². The summed E-state index contributed by atoms with van der Waals surface area (Å²) in [7, 11) is 0. The van der Waals surface area contributed by atoms with Gasteiger partial charge in [0.1, 0.15) is 0 Å². The molecule has 2 heteroatoms. The molecule has 61 heavy (non-hydrogen) atoms. The van der Waals surface area contributed by atoms with E-state index in [9.17, 15) is 4.11 Å². The third kappa shape index (κ3) is 5.49. The smallest absolute Gasteiger partial charge is 0.0645 e. The Morgan fingerprint density at radius 1 is 0.426 bits per heavy atom. The molecule has 0 saturated carbocycles. The van der Waals surface area contributed by atoms with Crippen LogP contribution in [0.1, 0.15) is 29.1 Å². The molecular formula is C59H42N2. The van der Waals surface area contributed by atoms with Gasteiger partial charge in [-0.3, -0.25) is 0 Å². The van der Waals surface area contributed by atoms with Crippen molar-refractivity contribution in [3.05, 3.63) is 229 Å². The fraction of sp³-hybridized carbons (Fsp3) is 0.0508. The molecule has 0 amide bonds. The van der Waals surface area contributed by atoms with E-state index in [2.05, 4.69) is 199 Å². The van der Waals surface area contributed by atoms with E-state index in [4.69, 9.17) is 0 Å². The summed E-state index contributed by atoms with van der Waals surface area (Å²) in [5, 5.41) is 6.00. The Morgan fingerprint density at radius 2 is 1.07 bits per heavy atom. The third-order valence-corrected chi connectivity index (χ3v) is 12.9. The highest BCUT2D eigenvalue weighted by molar-refractivity contribution is 6.26. The average molecular weight is 782 g/mol. The molecule has 1 aliphatic rings. The molecule has 288 valence electrons. The molecule has 12 rings (SSSR count). The Labute approximate surface area is 360 Å². The lowest BCUT2D eigenvalue weighted by Gasteiger charge is -2.28. The molecule has 0 bridgehead atoms. The van der Waals surface area contributed by atoms with Gasteiger partial charge in [-0.25, -0.2) is 0 Å². The lowest BCUT2D eigenvalue weighted by atomic mass is 9.82. The highest BCUT2D eigenvalue weighted by Crippen LogP contribution is 2.51. The first kappa shape index (κ1) is 32.2. The summed E-state index contributed by atoms with van der Waals surface area (Å²) in [6.45, 7) is 4.65. The predicted octanol–water partition coefficient (Wildman–Crippen LogP) is 16.2. The van der Waals surface area contributed by atoms with Crippen molar-refractivity contribution in [2.24, 2.45) is 0 Å².